The first-order valence-electron chi connectivity index (χ1n) is 8.21. The second-order valence-corrected chi connectivity index (χ2v) is 5.83. The molecule has 2 rings (SSSR count). The summed E-state index contributed by atoms with van der Waals surface area (Å²) in [5.41, 5.74) is 5.95. The van der Waals surface area contributed by atoms with E-state index < -0.39 is 22.9 Å². The van der Waals surface area contributed by atoms with Crippen molar-refractivity contribution in [3.8, 4) is 6.07 Å². The highest BCUT2D eigenvalue weighted by Crippen LogP contribution is 2.33. The summed E-state index contributed by atoms with van der Waals surface area (Å²) in [5.74, 6) is -0.777. The smallest absolute Gasteiger partial charge is 0.271 e. The molecule has 0 bridgehead atoms. The number of rotatable bonds is 7. The highest BCUT2D eigenvalue weighted by molar-refractivity contribution is 5.57. The first-order chi connectivity index (χ1) is 12.9. The van der Waals surface area contributed by atoms with Gasteiger partial charge in [0.25, 0.3) is 5.69 Å². The number of azo groups is 1. The van der Waals surface area contributed by atoms with Gasteiger partial charge in [-0.25, -0.2) is 4.39 Å². The molecule has 0 fully saturated rings. The molecular formula is C18H18FN5O3. The van der Waals surface area contributed by atoms with Crippen molar-refractivity contribution in [1.29, 1.82) is 5.26 Å². The number of halogens is 1. The van der Waals surface area contributed by atoms with Gasteiger partial charge in [0.2, 0.25) is 0 Å². The lowest BCUT2D eigenvalue weighted by Gasteiger charge is -2.21. The summed E-state index contributed by atoms with van der Waals surface area (Å²) in [7, 11) is 0. The lowest BCUT2D eigenvalue weighted by Crippen LogP contribution is -2.27. The molecular weight excluding hydrogens is 353 g/mol. The summed E-state index contributed by atoms with van der Waals surface area (Å²) in [6.07, 6.45) is 0.0244. The van der Waals surface area contributed by atoms with E-state index in [0.717, 1.165) is 6.07 Å². The topological polar surface area (TPSA) is 138 Å². The van der Waals surface area contributed by atoms with Crippen LogP contribution < -0.4 is 5.73 Å². The van der Waals surface area contributed by atoms with Crippen molar-refractivity contribution in [3.63, 3.8) is 0 Å². The van der Waals surface area contributed by atoms with E-state index in [1.54, 1.807) is 6.07 Å². The van der Waals surface area contributed by atoms with Crippen LogP contribution in [0.2, 0.25) is 0 Å². The minimum Gasteiger partial charge on any atom is -0.391 e. The molecule has 27 heavy (non-hydrogen) atoms. The number of aliphatic hydroxyl groups is 1. The molecule has 0 spiro atoms. The van der Waals surface area contributed by atoms with E-state index in [0.29, 0.717) is 12.8 Å². The third kappa shape index (κ3) is 4.69. The van der Waals surface area contributed by atoms with Crippen LogP contribution in [0.15, 0.2) is 46.6 Å². The van der Waals surface area contributed by atoms with Crippen LogP contribution in [-0.4, -0.2) is 16.1 Å². The fourth-order valence-corrected chi connectivity index (χ4v) is 2.57. The Bertz CT molecular complexity index is 910. The van der Waals surface area contributed by atoms with Crippen LogP contribution in [0, 0.1) is 27.3 Å². The summed E-state index contributed by atoms with van der Waals surface area (Å²) in [6.45, 7) is 1.86. The van der Waals surface area contributed by atoms with Crippen LogP contribution >= 0.6 is 0 Å². The number of nitro groups is 1. The fourth-order valence-electron chi connectivity index (χ4n) is 2.57. The molecule has 0 aliphatic rings. The molecule has 0 saturated carbocycles. The molecule has 2 unspecified atom stereocenters. The van der Waals surface area contributed by atoms with Crippen molar-refractivity contribution in [3.05, 3.63) is 63.5 Å². The molecule has 0 amide bonds. The Kier molecular flexibility index (Phi) is 6.65. The van der Waals surface area contributed by atoms with Gasteiger partial charge in [0.15, 0.2) is 0 Å². The molecule has 3 N–H and O–H groups in total. The number of nitriles is 1. The van der Waals surface area contributed by atoms with Crippen LogP contribution in [0.25, 0.3) is 0 Å². The van der Waals surface area contributed by atoms with Crippen LogP contribution in [0.5, 0.6) is 0 Å². The zero-order chi connectivity index (χ0) is 20.0. The second kappa shape index (κ2) is 8.93. The first-order valence-corrected chi connectivity index (χ1v) is 8.21. The van der Waals surface area contributed by atoms with Crippen molar-refractivity contribution >= 4 is 17.1 Å². The highest BCUT2D eigenvalue weighted by Gasteiger charge is 2.25. The van der Waals surface area contributed by atoms with Gasteiger partial charge in [0.05, 0.1) is 34.0 Å². The Hall–Kier alpha value is -3.22. The molecule has 8 nitrogen and oxygen atoms in total. The first kappa shape index (κ1) is 20.1. The van der Waals surface area contributed by atoms with E-state index in [4.69, 9.17) is 5.73 Å². The highest BCUT2D eigenvalue weighted by atomic mass is 19.1. The summed E-state index contributed by atoms with van der Waals surface area (Å²) < 4.78 is 14.0. The molecule has 2 aromatic carbocycles. The van der Waals surface area contributed by atoms with Crippen molar-refractivity contribution in [2.24, 2.45) is 16.0 Å². The number of nitrogens with zero attached hydrogens (tertiary/aromatic N) is 4. The monoisotopic (exact) mass is 371 g/mol. The predicted molar refractivity (Wildman–Crippen MR) is 96.2 cm³/mol. The number of non-ortho nitro benzene ring substituents is 1. The standard InChI is InChI=1S/C18H18FN5O3/c1-2-4-16(25)18(21)17-13(10-20)14(19)7-8-15(17)23-22-11-5-3-6-12(9-11)24(26)27/h3,5-9,16,18,25H,2,4,21H2,1H3. The largest absolute Gasteiger partial charge is 0.391 e. The van der Waals surface area contributed by atoms with Gasteiger partial charge in [-0.15, -0.1) is 0 Å². The molecule has 9 heteroatoms. The van der Waals surface area contributed by atoms with Gasteiger partial charge >= 0.3 is 0 Å². The van der Waals surface area contributed by atoms with Crippen LogP contribution in [0.1, 0.15) is 36.9 Å². The molecule has 0 saturated heterocycles. The number of hydrogen-bond acceptors (Lipinski definition) is 7. The number of nitro benzene ring substituents is 1. The molecule has 140 valence electrons. The maximum absolute atomic E-state index is 14.0. The van der Waals surface area contributed by atoms with E-state index in [-0.39, 0.29) is 28.2 Å². The van der Waals surface area contributed by atoms with Gasteiger partial charge in [-0.05, 0) is 24.6 Å². The van der Waals surface area contributed by atoms with Crippen molar-refractivity contribution in [2.75, 3.05) is 0 Å². The molecule has 0 aliphatic carbocycles. The average Bonchev–Trinajstić information content (AvgIpc) is 2.66. The number of hydrogen-bond donors (Lipinski definition) is 2. The lowest BCUT2D eigenvalue weighted by molar-refractivity contribution is -0.384. The fraction of sp³-hybridized carbons (Fsp3) is 0.278. The molecule has 0 radical (unpaired) electrons. The normalized spacial score (nSPS) is 13.3. The van der Waals surface area contributed by atoms with E-state index in [1.807, 2.05) is 6.92 Å². The molecule has 2 atom stereocenters. The van der Waals surface area contributed by atoms with E-state index in [1.165, 1.54) is 30.3 Å². The van der Waals surface area contributed by atoms with Gasteiger partial charge in [-0.1, -0.05) is 19.4 Å². The summed E-state index contributed by atoms with van der Waals surface area (Å²) in [6, 6.07) is 8.57. The van der Waals surface area contributed by atoms with E-state index in [9.17, 15) is 24.9 Å². The number of nitrogens with two attached hydrogens (primary N) is 1. The van der Waals surface area contributed by atoms with Crippen molar-refractivity contribution in [1.82, 2.24) is 0 Å². The van der Waals surface area contributed by atoms with Crippen molar-refractivity contribution in [2.45, 2.75) is 31.9 Å². The Morgan fingerprint density at radius 2 is 2.11 bits per heavy atom. The molecule has 0 heterocycles. The van der Waals surface area contributed by atoms with Gasteiger partial charge in [0, 0.05) is 17.7 Å². The van der Waals surface area contributed by atoms with Crippen LogP contribution in [0.3, 0.4) is 0 Å². The third-order valence-electron chi connectivity index (χ3n) is 3.93. The summed E-state index contributed by atoms with van der Waals surface area (Å²) in [5, 5.41) is 38.2. The Morgan fingerprint density at radius 3 is 2.74 bits per heavy atom. The maximum atomic E-state index is 14.0. The molecule has 0 aliphatic heterocycles. The summed E-state index contributed by atoms with van der Waals surface area (Å²) in [4.78, 5) is 10.3. The van der Waals surface area contributed by atoms with Gasteiger partial charge < -0.3 is 10.8 Å². The molecule has 0 aromatic heterocycles. The van der Waals surface area contributed by atoms with Crippen LogP contribution in [-0.2, 0) is 0 Å². The van der Waals surface area contributed by atoms with E-state index in [2.05, 4.69) is 10.2 Å². The van der Waals surface area contributed by atoms with Gasteiger partial charge in [-0.2, -0.15) is 15.5 Å². The van der Waals surface area contributed by atoms with Gasteiger partial charge in [-0.3, -0.25) is 10.1 Å². The zero-order valence-corrected chi connectivity index (χ0v) is 14.5. The van der Waals surface area contributed by atoms with Crippen molar-refractivity contribution < 1.29 is 14.4 Å². The van der Waals surface area contributed by atoms with Crippen LogP contribution in [0.4, 0.5) is 21.5 Å². The minimum absolute atomic E-state index is 0.0487. The summed E-state index contributed by atoms with van der Waals surface area (Å²) >= 11 is 0. The predicted octanol–water partition coefficient (Wildman–Crippen LogP) is 4.18. The zero-order valence-electron chi connectivity index (χ0n) is 14.5. The SMILES string of the molecule is CCCC(O)C(N)c1c(N=Nc2cccc([N+](=O)[O-])c2)ccc(F)c1C#N. The van der Waals surface area contributed by atoms with E-state index >= 15 is 0 Å². The minimum atomic E-state index is -1.03. The Labute approximate surface area is 154 Å². The quantitative estimate of drug-likeness (QED) is 0.427. The molecule has 2 aromatic rings. The number of aliphatic hydroxyl groups excluding tert-OH is 1. The average molecular weight is 371 g/mol. The Balaban J connectivity index is 2.49. The lowest BCUT2D eigenvalue weighted by atomic mass is 9.93. The number of benzene rings is 2. The maximum Gasteiger partial charge on any atom is 0.271 e. The Morgan fingerprint density at radius 1 is 1.37 bits per heavy atom. The third-order valence-corrected chi connectivity index (χ3v) is 3.93. The van der Waals surface area contributed by atoms with Gasteiger partial charge in [0.1, 0.15) is 11.9 Å². The second-order valence-electron chi connectivity index (χ2n) is 5.83.